The summed E-state index contributed by atoms with van der Waals surface area (Å²) >= 11 is 0. The summed E-state index contributed by atoms with van der Waals surface area (Å²) in [7, 11) is 2.07. The summed E-state index contributed by atoms with van der Waals surface area (Å²) in [6.07, 6.45) is 2.16. The SMILES string of the molecule is CC=C1NC2N=c3c(C)c(C)c(C)c(C)c3=NC2N1C. The molecule has 0 spiro atoms. The molecule has 3 rings (SSSR count). The topological polar surface area (TPSA) is 40.0 Å². The fraction of sp³-hybridized carbons (Fsp3) is 0.500. The van der Waals surface area contributed by atoms with Crippen molar-refractivity contribution in [3.63, 3.8) is 0 Å². The lowest BCUT2D eigenvalue weighted by Crippen LogP contribution is -2.46. The summed E-state index contributed by atoms with van der Waals surface area (Å²) in [5.74, 6) is 1.10. The van der Waals surface area contributed by atoms with E-state index in [4.69, 9.17) is 9.98 Å². The molecule has 0 aliphatic carbocycles. The van der Waals surface area contributed by atoms with E-state index in [1.807, 2.05) is 6.92 Å². The highest BCUT2D eigenvalue weighted by Crippen LogP contribution is 2.21. The molecule has 106 valence electrons. The zero-order valence-corrected chi connectivity index (χ0v) is 13.1. The van der Waals surface area contributed by atoms with Gasteiger partial charge in [-0.3, -0.25) is 9.98 Å². The zero-order valence-electron chi connectivity index (χ0n) is 13.1. The van der Waals surface area contributed by atoms with E-state index in [1.54, 1.807) is 0 Å². The standard InChI is InChI=1S/C16H22N4/c1-7-12-17-15-16(20(12)6)19-14-11(5)9(3)8(2)10(4)13(14)18-15/h7,15-17H,1-6H3. The molecular weight excluding hydrogens is 248 g/mol. The molecule has 1 aromatic carbocycles. The van der Waals surface area contributed by atoms with E-state index in [2.05, 4.69) is 51.0 Å². The van der Waals surface area contributed by atoms with E-state index in [1.165, 1.54) is 22.3 Å². The van der Waals surface area contributed by atoms with E-state index in [0.717, 1.165) is 16.5 Å². The Balaban J connectivity index is 2.30. The van der Waals surface area contributed by atoms with Gasteiger partial charge < -0.3 is 10.2 Å². The van der Waals surface area contributed by atoms with Gasteiger partial charge in [-0.1, -0.05) is 0 Å². The molecule has 20 heavy (non-hydrogen) atoms. The summed E-state index contributed by atoms with van der Waals surface area (Å²) in [6, 6.07) is 0. The minimum atomic E-state index is 0.0268. The third-order valence-electron chi connectivity index (χ3n) is 4.78. The van der Waals surface area contributed by atoms with Crippen LogP contribution >= 0.6 is 0 Å². The zero-order chi connectivity index (χ0) is 14.6. The Morgan fingerprint density at radius 1 is 0.950 bits per heavy atom. The van der Waals surface area contributed by atoms with Gasteiger partial charge in [0.15, 0.2) is 12.3 Å². The van der Waals surface area contributed by atoms with Crippen molar-refractivity contribution in [2.45, 2.75) is 47.0 Å². The first-order valence-electron chi connectivity index (χ1n) is 7.13. The van der Waals surface area contributed by atoms with E-state index in [-0.39, 0.29) is 12.3 Å². The quantitative estimate of drug-likeness (QED) is 0.770. The van der Waals surface area contributed by atoms with Gasteiger partial charge in [0.2, 0.25) is 0 Å². The fourth-order valence-electron chi connectivity index (χ4n) is 3.09. The van der Waals surface area contributed by atoms with Crippen LogP contribution in [0.5, 0.6) is 0 Å². The molecule has 1 fully saturated rings. The highest BCUT2D eigenvalue weighted by molar-refractivity contribution is 5.38. The van der Waals surface area contributed by atoms with E-state index >= 15 is 0 Å². The number of allylic oxidation sites excluding steroid dienone is 1. The first-order chi connectivity index (χ1) is 9.45. The number of likely N-dealkylation sites (N-methyl/N-ethyl adjacent to an activating group) is 1. The van der Waals surface area contributed by atoms with E-state index in [0.29, 0.717) is 0 Å². The van der Waals surface area contributed by atoms with Crippen LogP contribution in [0.25, 0.3) is 0 Å². The second-order valence-electron chi connectivity index (χ2n) is 5.74. The van der Waals surface area contributed by atoms with Gasteiger partial charge in [0.1, 0.15) is 5.82 Å². The number of rotatable bonds is 0. The second kappa shape index (κ2) is 4.33. The molecule has 2 heterocycles. The third-order valence-corrected chi connectivity index (χ3v) is 4.78. The van der Waals surface area contributed by atoms with Crippen LogP contribution in [0.1, 0.15) is 29.2 Å². The van der Waals surface area contributed by atoms with Gasteiger partial charge in [-0.05, 0) is 62.9 Å². The molecule has 4 heteroatoms. The Labute approximate surface area is 119 Å². The second-order valence-corrected chi connectivity index (χ2v) is 5.74. The molecule has 4 nitrogen and oxygen atoms in total. The summed E-state index contributed by atoms with van der Waals surface area (Å²) in [5.41, 5.74) is 5.17. The molecule has 0 saturated carbocycles. The molecular formula is C16H22N4. The number of nitrogens with zero attached hydrogens (tertiary/aromatic N) is 3. The Kier molecular flexibility index (Phi) is 2.85. The van der Waals surface area contributed by atoms with E-state index in [9.17, 15) is 0 Å². The number of hydrogen-bond acceptors (Lipinski definition) is 4. The number of nitrogens with one attached hydrogen (secondary N) is 1. The van der Waals surface area contributed by atoms with Gasteiger partial charge in [0, 0.05) is 7.05 Å². The average Bonchev–Trinajstić information content (AvgIpc) is 2.77. The smallest absolute Gasteiger partial charge is 0.163 e. The van der Waals surface area contributed by atoms with Crippen LogP contribution in [0.15, 0.2) is 21.9 Å². The lowest BCUT2D eigenvalue weighted by atomic mass is 9.97. The van der Waals surface area contributed by atoms with E-state index < -0.39 is 0 Å². The van der Waals surface area contributed by atoms with Crippen molar-refractivity contribution in [1.82, 2.24) is 10.2 Å². The number of hydrogen-bond donors (Lipinski definition) is 1. The van der Waals surface area contributed by atoms with Crippen LogP contribution in [0.2, 0.25) is 0 Å². The average molecular weight is 270 g/mol. The van der Waals surface area contributed by atoms with Crippen molar-refractivity contribution < 1.29 is 0 Å². The Hall–Kier alpha value is -1.84. The molecule has 0 radical (unpaired) electrons. The van der Waals surface area contributed by atoms with Gasteiger partial charge in [-0.2, -0.15) is 0 Å². The largest absolute Gasteiger partial charge is 0.347 e. The van der Waals surface area contributed by atoms with Crippen LogP contribution < -0.4 is 16.0 Å². The van der Waals surface area contributed by atoms with Crippen LogP contribution in [0.3, 0.4) is 0 Å². The van der Waals surface area contributed by atoms with Crippen molar-refractivity contribution in [3.8, 4) is 0 Å². The summed E-state index contributed by atoms with van der Waals surface area (Å²) in [6.45, 7) is 10.7. The normalized spacial score (nSPS) is 25.7. The maximum atomic E-state index is 4.98. The highest BCUT2D eigenvalue weighted by atomic mass is 15.4. The minimum absolute atomic E-state index is 0.0268. The van der Waals surface area contributed by atoms with Crippen LogP contribution in [-0.4, -0.2) is 24.3 Å². The molecule has 1 N–H and O–H groups in total. The highest BCUT2D eigenvalue weighted by Gasteiger charge is 2.35. The Morgan fingerprint density at radius 3 is 2.05 bits per heavy atom. The first kappa shape index (κ1) is 13.2. The summed E-state index contributed by atoms with van der Waals surface area (Å²) in [5, 5.41) is 5.57. The fourth-order valence-corrected chi connectivity index (χ4v) is 3.09. The van der Waals surface area contributed by atoms with Gasteiger partial charge in [0.25, 0.3) is 0 Å². The molecule has 1 aromatic rings. The van der Waals surface area contributed by atoms with Gasteiger partial charge in [-0.15, -0.1) is 0 Å². The molecule has 2 atom stereocenters. The molecule has 1 saturated heterocycles. The first-order valence-corrected chi connectivity index (χ1v) is 7.13. The summed E-state index contributed by atoms with van der Waals surface area (Å²) < 4.78 is 0. The molecule has 0 amide bonds. The van der Waals surface area contributed by atoms with Crippen LogP contribution in [0.4, 0.5) is 0 Å². The predicted molar refractivity (Wildman–Crippen MR) is 79.9 cm³/mol. The molecule has 2 aliphatic rings. The minimum Gasteiger partial charge on any atom is -0.347 e. The summed E-state index contributed by atoms with van der Waals surface area (Å²) in [4.78, 5) is 12.1. The maximum absolute atomic E-state index is 4.98. The van der Waals surface area contributed by atoms with Gasteiger partial charge in [-0.25, -0.2) is 0 Å². The van der Waals surface area contributed by atoms with Crippen LogP contribution in [0, 0.1) is 27.7 Å². The monoisotopic (exact) mass is 270 g/mol. The predicted octanol–water partition coefficient (Wildman–Crippen LogP) is 1.22. The lowest BCUT2D eigenvalue weighted by molar-refractivity contribution is 0.327. The van der Waals surface area contributed by atoms with Gasteiger partial charge in [0.05, 0.1) is 10.7 Å². The van der Waals surface area contributed by atoms with Crippen molar-refractivity contribution >= 4 is 0 Å². The Bertz CT molecular complexity index is 730. The Morgan fingerprint density at radius 2 is 1.50 bits per heavy atom. The molecule has 0 aromatic heterocycles. The van der Waals surface area contributed by atoms with Crippen molar-refractivity contribution in [2.75, 3.05) is 7.05 Å². The molecule has 2 aliphatic heterocycles. The van der Waals surface area contributed by atoms with Crippen molar-refractivity contribution in [3.05, 3.63) is 44.9 Å². The number of fused-ring (bicyclic) bond motifs is 2. The van der Waals surface area contributed by atoms with Crippen molar-refractivity contribution in [1.29, 1.82) is 0 Å². The molecule has 0 bridgehead atoms. The lowest BCUT2D eigenvalue weighted by Gasteiger charge is -2.22. The van der Waals surface area contributed by atoms with Crippen molar-refractivity contribution in [2.24, 2.45) is 9.98 Å². The number of benzene rings is 1. The third kappa shape index (κ3) is 1.60. The van der Waals surface area contributed by atoms with Crippen LogP contribution in [-0.2, 0) is 0 Å². The maximum Gasteiger partial charge on any atom is 0.163 e. The van der Waals surface area contributed by atoms with Gasteiger partial charge >= 0.3 is 0 Å². The molecule has 2 unspecified atom stereocenters.